The van der Waals surface area contributed by atoms with E-state index in [-0.39, 0.29) is 34.5 Å². The predicted molar refractivity (Wildman–Crippen MR) is 163 cm³/mol. The summed E-state index contributed by atoms with van der Waals surface area (Å²) in [5, 5.41) is 1.55. The molecule has 0 bridgehead atoms. The van der Waals surface area contributed by atoms with Crippen LogP contribution in [0.3, 0.4) is 0 Å². The van der Waals surface area contributed by atoms with Crippen molar-refractivity contribution < 1.29 is 42.5 Å². The molecule has 0 spiro atoms. The van der Waals surface area contributed by atoms with Gasteiger partial charge in [-0.3, -0.25) is 0 Å². The average Bonchev–Trinajstić information content (AvgIpc) is 2.90. The molecule has 0 radical (unpaired) electrons. The van der Waals surface area contributed by atoms with Gasteiger partial charge in [0.15, 0.2) is 0 Å². The van der Waals surface area contributed by atoms with E-state index in [1.807, 2.05) is 12.1 Å². The standard InChI is InChI=1S/C34H56O3S.Na/c1-3-5-7-9-11-13-15-17-19-21-23-30-25-27-32-31(26-28-34(33(32)29-30)38(35,36)37)24-22-20-18-16-14-12-10-8-6-4-2;/h25-29H,3-24H2,1-2H3,(H,35,36,37);/q;+1/p-1. The van der Waals surface area contributed by atoms with Crippen molar-refractivity contribution in [3.05, 3.63) is 41.5 Å². The predicted octanol–water partition coefficient (Wildman–Crippen LogP) is 7.67. The molecule has 216 valence electrons. The Bertz CT molecular complexity index is 1000. The minimum absolute atomic E-state index is 0. The van der Waals surface area contributed by atoms with Crippen molar-refractivity contribution in [1.82, 2.24) is 0 Å². The summed E-state index contributed by atoms with van der Waals surface area (Å²) in [5.41, 5.74) is 2.30. The Morgan fingerprint density at radius 1 is 0.538 bits per heavy atom. The number of benzene rings is 2. The molecule has 2 rings (SSSR count). The molecule has 0 unspecified atom stereocenters. The van der Waals surface area contributed by atoms with Gasteiger partial charge in [-0.25, -0.2) is 8.42 Å². The molecule has 0 saturated heterocycles. The molecule has 0 aliphatic carbocycles. The summed E-state index contributed by atoms with van der Waals surface area (Å²) in [6.45, 7) is 4.52. The Labute approximate surface area is 263 Å². The smallest absolute Gasteiger partial charge is 0.744 e. The molecule has 0 aliphatic rings. The fourth-order valence-corrected chi connectivity index (χ4v) is 6.32. The zero-order chi connectivity index (χ0) is 27.5. The second kappa shape index (κ2) is 22.2. The van der Waals surface area contributed by atoms with Gasteiger partial charge in [0, 0.05) is 0 Å². The van der Waals surface area contributed by atoms with Gasteiger partial charge in [-0.2, -0.15) is 0 Å². The zero-order valence-electron chi connectivity index (χ0n) is 25.6. The molecule has 0 aromatic heterocycles. The van der Waals surface area contributed by atoms with Crippen molar-refractivity contribution >= 4 is 20.9 Å². The molecule has 3 nitrogen and oxygen atoms in total. The quantitative estimate of drug-likeness (QED) is 0.0788. The second-order valence-electron chi connectivity index (χ2n) is 11.4. The number of rotatable bonds is 23. The Balaban J connectivity index is 0.00000760. The first kappa shape index (κ1) is 36.6. The third-order valence-electron chi connectivity index (χ3n) is 8.02. The molecule has 2 aromatic rings. The van der Waals surface area contributed by atoms with Crippen LogP contribution in [0.1, 0.15) is 153 Å². The maximum Gasteiger partial charge on any atom is 1.00 e. The monoisotopic (exact) mass is 566 g/mol. The van der Waals surface area contributed by atoms with Gasteiger partial charge in [0.1, 0.15) is 10.1 Å². The topological polar surface area (TPSA) is 57.2 Å². The van der Waals surface area contributed by atoms with E-state index < -0.39 is 10.1 Å². The zero-order valence-corrected chi connectivity index (χ0v) is 28.4. The number of unbranched alkanes of at least 4 members (excludes halogenated alkanes) is 18. The van der Waals surface area contributed by atoms with Crippen LogP contribution in [0.4, 0.5) is 0 Å². The third-order valence-corrected chi connectivity index (χ3v) is 8.91. The fraction of sp³-hybridized carbons (Fsp3) is 0.706. The first-order chi connectivity index (χ1) is 18.5. The van der Waals surface area contributed by atoms with Crippen LogP contribution in [0.15, 0.2) is 35.2 Å². The third kappa shape index (κ3) is 15.4. The van der Waals surface area contributed by atoms with Crippen LogP contribution in [-0.2, 0) is 23.0 Å². The molecule has 5 heteroatoms. The number of hydrogen-bond donors (Lipinski definition) is 0. The summed E-state index contributed by atoms with van der Waals surface area (Å²) in [6, 6.07) is 9.57. The Kier molecular flexibility index (Phi) is 20.9. The molecule has 0 fully saturated rings. The summed E-state index contributed by atoms with van der Waals surface area (Å²) in [4.78, 5) is -0.0655. The maximum atomic E-state index is 12.0. The molecule has 0 amide bonds. The van der Waals surface area contributed by atoms with Crippen molar-refractivity contribution in [1.29, 1.82) is 0 Å². The van der Waals surface area contributed by atoms with E-state index in [0.717, 1.165) is 42.2 Å². The summed E-state index contributed by atoms with van der Waals surface area (Å²) < 4.78 is 36.0. The second-order valence-corrected chi connectivity index (χ2v) is 12.8. The maximum absolute atomic E-state index is 12.0. The average molecular weight is 567 g/mol. The normalized spacial score (nSPS) is 11.7. The fourth-order valence-electron chi connectivity index (χ4n) is 5.64. The summed E-state index contributed by atoms with van der Waals surface area (Å²) in [6.07, 6.45) is 27.9. The first-order valence-corrected chi connectivity index (χ1v) is 17.4. The van der Waals surface area contributed by atoms with Gasteiger partial charge in [-0.05, 0) is 59.7 Å². The number of hydrogen-bond acceptors (Lipinski definition) is 3. The van der Waals surface area contributed by atoms with Gasteiger partial charge in [-0.15, -0.1) is 0 Å². The Hall–Kier alpha value is -0.390. The van der Waals surface area contributed by atoms with Crippen LogP contribution in [0.2, 0.25) is 0 Å². The van der Waals surface area contributed by atoms with Crippen molar-refractivity contribution in [3.63, 3.8) is 0 Å². The van der Waals surface area contributed by atoms with Crippen LogP contribution in [0.25, 0.3) is 10.8 Å². The minimum Gasteiger partial charge on any atom is -0.744 e. The van der Waals surface area contributed by atoms with Gasteiger partial charge in [0.2, 0.25) is 0 Å². The molecular formula is C34H55NaO3S. The van der Waals surface area contributed by atoms with Crippen LogP contribution in [0, 0.1) is 0 Å². The van der Waals surface area contributed by atoms with E-state index >= 15 is 0 Å². The largest absolute Gasteiger partial charge is 1.00 e. The van der Waals surface area contributed by atoms with Crippen molar-refractivity contribution in [2.75, 3.05) is 0 Å². The van der Waals surface area contributed by atoms with Gasteiger partial charge < -0.3 is 4.55 Å². The first-order valence-electron chi connectivity index (χ1n) is 16.0. The van der Waals surface area contributed by atoms with E-state index in [1.54, 1.807) is 6.07 Å². The van der Waals surface area contributed by atoms with Crippen LogP contribution >= 0.6 is 0 Å². The molecule has 2 aromatic carbocycles. The van der Waals surface area contributed by atoms with Gasteiger partial charge >= 0.3 is 29.6 Å². The van der Waals surface area contributed by atoms with Crippen molar-refractivity contribution in [2.24, 2.45) is 0 Å². The SMILES string of the molecule is CCCCCCCCCCCCc1ccc2c(CCCCCCCCCCCC)ccc(S(=O)(=O)[O-])c2c1.[Na+]. The molecule has 0 heterocycles. The van der Waals surface area contributed by atoms with Gasteiger partial charge in [-0.1, -0.05) is 148 Å². The molecule has 0 N–H and O–H groups in total. The number of fused-ring (bicyclic) bond motifs is 1. The van der Waals surface area contributed by atoms with E-state index in [9.17, 15) is 13.0 Å². The molecule has 39 heavy (non-hydrogen) atoms. The van der Waals surface area contributed by atoms with E-state index in [0.29, 0.717) is 5.39 Å². The number of aryl methyl sites for hydroxylation is 2. The Morgan fingerprint density at radius 2 is 0.974 bits per heavy atom. The molecule has 0 saturated carbocycles. The van der Waals surface area contributed by atoms with E-state index in [2.05, 4.69) is 26.0 Å². The van der Waals surface area contributed by atoms with Gasteiger partial charge in [0.25, 0.3) is 0 Å². The minimum atomic E-state index is -4.50. The van der Waals surface area contributed by atoms with Crippen LogP contribution in [0.5, 0.6) is 0 Å². The van der Waals surface area contributed by atoms with E-state index in [1.165, 1.54) is 116 Å². The van der Waals surface area contributed by atoms with Crippen molar-refractivity contribution in [2.45, 2.75) is 160 Å². The van der Waals surface area contributed by atoms with Crippen LogP contribution in [-0.4, -0.2) is 13.0 Å². The molecular weight excluding hydrogens is 511 g/mol. The van der Waals surface area contributed by atoms with Crippen LogP contribution < -0.4 is 29.6 Å². The molecule has 0 atom stereocenters. The summed E-state index contributed by atoms with van der Waals surface area (Å²) in [7, 11) is -4.50. The summed E-state index contributed by atoms with van der Waals surface area (Å²) >= 11 is 0. The van der Waals surface area contributed by atoms with Crippen molar-refractivity contribution in [3.8, 4) is 0 Å². The van der Waals surface area contributed by atoms with Gasteiger partial charge in [0.05, 0.1) is 4.90 Å². The molecule has 0 aliphatic heterocycles. The summed E-state index contributed by atoms with van der Waals surface area (Å²) in [5.74, 6) is 0. The van der Waals surface area contributed by atoms with E-state index in [4.69, 9.17) is 0 Å². The Morgan fingerprint density at radius 3 is 1.44 bits per heavy atom.